The van der Waals surface area contributed by atoms with E-state index in [-0.39, 0.29) is 11.4 Å². The number of hydrogen-bond donors (Lipinski definition) is 1. The number of benzene rings is 3. The Labute approximate surface area is 176 Å². The van der Waals surface area contributed by atoms with Crippen molar-refractivity contribution in [3.63, 3.8) is 0 Å². The Kier molecular flexibility index (Phi) is 6.25. The van der Waals surface area contributed by atoms with Crippen molar-refractivity contribution in [1.82, 2.24) is 0 Å². The van der Waals surface area contributed by atoms with Crippen LogP contribution in [-0.2, 0) is 14.8 Å². The van der Waals surface area contributed by atoms with E-state index in [4.69, 9.17) is 11.6 Å². The summed E-state index contributed by atoms with van der Waals surface area (Å²) in [6.45, 7) is 3.37. The van der Waals surface area contributed by atoms with E-state index >= 15 is 0 Å². The maximum absolute atomic E-state index is 13.3. The second kappa shape index (κ2) is 8.68. The summed E-state index contributed by atoms with van der Waals surface area (Å²) in [4.78, 5) is 12.8. The monoisotopic (exact) mass is 428 g/mol. The van der Waals surface area contributed by atoms with E-state index in [1.54, 1.807) is 60.7 Å². The van der Waals surface area contributed by atoms with Crippen LogP contribution in [0.1, 0.15) is 11.1 Å². The average Bonchev–Trinajstić information content (AvgIpc) is 2.70. The second-order valence-corrected chi connectivity index (χ2v) is 8.94. The van der Waals surface area contributed by atoms with Gasteiger partial charge >= 0.3 is 0 Å². The van der Waals surface area contributed by atoms with Crippen LogP contribution in [0.4, 0.5) is 11.4 Å². The second-order valence-electron chi connectivity index (χ2n) is 6.67. The van der Waals surface area contributed by atoms with Gasteiger partial charge in [0, 0.05) is 10.7 Å². The molecule has 150 valence electrons. The number of hydrogen-bond acceptors (Lipinski definition) is 3. The first-order chi connectivity index (χ1) is 13.8. The zero-order valence-electron chi connectivity index (χ0n) is 16.1. The Morgan fingerprint density at radius 1 is 0.966 bits per heavy atom. The Bertz CT molecular complexity index is 1110. The predicted octanol–water partition coefficient (Wildman–Crippen LogP) is 4.79. The smallest absolute Gasteiger partial charge is 0.264 e. The van der Waals surface area contributed by atoms with Crippen LogP contribution in [0.3, 0.4) is 0 Å². The Balaban J connectivity index is 1.91. The molecule has 1 N–H and O–H groups in total. The van der Waals surface area contributed by atoms with E-state index in [2.05, 4.69) is 5.32 Å². The van der Waals surface area contributed by atoms with Gasteiger partial charge in [-0.15, -0.1) is 0 Å². The fourth-order valence-electron chi connectivity index (χ4n) is 2.75. The molecule has 1 amide bonds. The molecule has 0 aliphatic heterocycles. The minimum absolute atomic E-state index is 0.123. The number of nitrogens with one attached hydrogen (secondary N) is 1. The number of amides is 1. The topological polar surface area (TPSA) is 66.5 Å². The van der Waals surface area contributed by atoms with Gasteiger partial charge in [0.15, 0.2) is 0 Å². The predicted molar refractivity (Wildman–Crippen MR) is 117 cm³/mol. The van der Waals surface area contributed by atoms with Crippen molar-refractivity contribution in [2.24, 2.45) is 0 Å². The van der Waals surface area contributed by atoms with Gasteiger partial charge in [-0.3, -0.25) is 9.10 Å². The van der Waals surface area contributed by atoms with Crippen LogP contribution in [0, 0.1) is 13.8 Å². The zero-order chi connectivity index (χ0) is 21.0. The molecule has 5 nitrogen and oxygen atoms in total. The van der Waals surface area contributed by atoms with Gasteiger partial charge in [0.25, 0.3) is 10.0 Å². The average molecular weight is 429 g/mol. The highest BCUT2D eigenvalue weighted by atomic mass is 35.5. The lowest BCUT2D eigenvalue weighted by atomic mass is 10.2. The van der Waals surface area contributed by atoms with Gasteiger partial charge in [-0.1, -0.05) is 53.6 Å². The van der Waals surface area contributed by atoms with Crippen molar-refractivity contribution < 1.29 is 13.2 Å². The first-order valence-electron chi connectivity index (χ1n) is 8.98. The largest absolute Gasteiger partial charge is 0.324 e. The molecule has 0 atom stereocenters. The van der Waals surface area contributed by atoms with Gasteiger partial charge in [0.1, 0.15) is 6.54 Å². The molecule has 0 aliphatic carbocycles. The molecular weight excluding hydrogens is 408 g/mol. The van der Waals surface area contributed by atoms with Gasteiger partial charge in [0.05, 0.1) is 10.6 Å². The van der Waals surface area contributed by atoms with E-state index < -0.39 is 15.9 Å². The van der Waals surface area contributed by atoms with E-state index in [1.165, 1.54) is 12.1 Å². The molecular formula is C22H21ClN2O3S. The van der Waals surface area contributed by atoms with Gasteiger partial charge in [-0.25, -0.2) is 8.42 Å². The van der Waals surface area contributed by atoms with Crippen molar-refractivity contribution in [3.05, 3.63) is 88.9 Å². The number of rotatable bonds is 6. The molecule has 0 aromatic heterocycles. The number of para-hydroxylation sites is 1. The summed E-state index contributed by atoms with van der Waals surface area (Å²) in [7, 11) is -3.93. The minimum atomic E-state index is -3.93. The van der Waals surface area contributed by atoms with Crippen LogP contribution in [-0.4, -0.2) is 20.9 Å². The lowest BCUT2D eigenvalue weighted by molar-refractivity contribution is -0.114. The molecule has 0 unspecified atom stereocenters. The molecule has 7 heteroatoms. The van der Waals surface area contributed by atoms with Crippen LogP contribution in [0.25, 0.3) is 0 Å². The molecule has 0 heterocycles. The van der Waals surface area contributed by atoms with Gasteiger partial charge in [0.2, 0.25) is 5.91 Å². The number of anilines is 2. The standard InChI is InChI=1S/C22H21ClN2O3S/c1-16-8-12-20(13-9-16)29(27,28)25(19-6-4-3-5-7-19)15-22(26)24-18-11-10-17(2)21(23)14-18/h3-14H,15H2,1-2H3,(H,24,26). The highest BCUT2D eigenvalue weighted by Gasteiger charge is 2.27. The summed E-state index contributed by atoms with van der Waals surface area (Å²) in [5.74, 6) is -0.468. The Hall–Kier alpha value is -2.83. The van der Waals surface area contributed by atoms with Gasteiger partial charge < -0.3 is 5.32 Å². The number of nitrogens with zero attached hydrogens (tertiary/aromatic N) is 1. The van der Waals surface area contributed by atoms with Gasteiger partial charge in [-0.2, -0.15) is 0 Å². The van der Waals surface area contributed by atoms with E-state index in [9.17, 15) is 13.2 Å². The fraction of sp³-hybridized carbons (Fsp3) is 0.136. The SMILES string of the molecule is Cc1ccc(S(=O)(=O)N(CC(=O)Nc2ccc(C)c(Cl)c2)c2ccccc2)cc1. The molecule has 0 saturated carbocycles. The van der Waals surface area contributed by atoms with E-state index in [1.807, 2.05) is 13.8 Å². The number of aryl methyl sites for hydroxylation is 2. The third kappa shape index (κ3) is 4.96. The van der Waals surface area contributed by atoms with E-state index in [0.717, 1.165) is 15.4 Å². The fourth-order valence-corrected chi connectivity index (χ4v) is 4.35. The molecule has 0 saturated heterocycles. The normalized spacial score (nSPS) is 11.1. The van der Waals surface area contributed by atoms with E-state index in [0.29, 0.717) is 16.4 Å². The number of halogens is 1. The lowest BCUT2D eigenvalue weighted by Crippen LogP contribution is -2.38. The molecule has 0 fully saturated rings. The molecule has 0 aliphatic rings. The van der Waals surface area contributed by atoms with Crippen LogP contribution in [0.15, 0.2) is 77.7 Å². The number of carbonyl (C=O) groups is 1. The van der Waals surface area contributed by atoms with Crippen molar-refractivity contribution in [2.75, 3.05) is 16.2 Å². The molecule has 0 spiro atoms. The first-order valence-corrected chi connectivity index (χ1v) is 10.8. The lowest BCUT2D eigenvalue weighted by Gasteiger charge is -2.24. The van der Waals surface area contributed by atoms with Crippen LogP contribution in [0.2, 0.25) is 5.02 Å². The molecule has 3 rings (SSSR count). The summed E-state index contributed by atoms with van der Waals surface area (Å²) in [5.41, 5.74) is 2.75. The summed E-state index contributed by atoms with van der Waals surface area (Å²) >= 11 is 6.11. The number of carbonyl (C=O) groups excluding carboxylic acids is 1. The van der Waals surface area contributed by atoms with Crippen LogP contribution >= 0.6 is 11.6 Å². The zero-order valence-corrected chi connectivity index (χ0v) is 17.7. The van der Waals surface area contributed by atoms with Crippen molar-refractivity contribution in [2.45, 2.75) is 18.7 Å². The van der Waals surface area contributed by atoms with Gasteiger partial charge in [-0.05, 0) is 55.8 Å². The third-order valence-corrected chi connectivity index (χ3v) is 6.59. The molecule has 0 radical (unpaired) electrons. The van der Waals surface area contributed by atoms with Crippen molar-refractivity contribution >= 4 is 38.9 Å². The molecule has 0 bridgehead atoms. The maximum atomic E-state index is 13.3. The Morgan fingerprint density at radius 2 is 1.62 bits per heavy atom. The summed E-state index contributed by atoms with van der Waals surface area (Å²) < 4.78 is 27.6. The Morgan fingerprint density at radius 3 is 2.24 bits per heavy atom. The summed E-state index contributed by atoms with van der Waals surface area (Å²) in [6.07, 6.45) is 0. The minimum Gasteiger partial charge on any atom is -0.324 e. The highest BCUT2D eigenvalue weighted by Crippen LogP contribution is 2.24. The maximum Gasteiger partial charge on any atom is 0.264 e. The van der Waals surface area contributed by atoms with Crippen molar-refractivity contribution in [1.29, 1.82) is 0 Å². The third-order valence-electron chi connectivity index (χ3n) is 4.40. The van der Waals surface area contributed by atoms with Crippen LogP contribution in [0.5, 0.6) is 0 Å². The number of sulfonamides is 1. The molecule has 3 aromatic carbocycles. The van der Waals surface area contributed by atoms with Crippen molar-refractivity contribution in [3.8, 4) is 0 Å². The summed E-state index contributed by atoms with van der Waals surface area (Å²) in [5, 5.41) is 3.24. The first kappa shape index (κ1) is 20.9. The highest BCUT2D eigenvalue weighted by molar-refractivity contribution is 7.92. The molecule has 3 aromatic rings. The summed E-state index contributed by atoms with van der Waals surface area (Å²) in [6, 6.07) is 20.2. The van der Waals surface area contributed by atoms with Crippen LogP contribution < -0.4 is 9.62 Å². The quantitative estimate of drug-likeness (QED) is 0.613. The molecule has 29 heavy (non-hydrogen) atoms.